The van der Waals surface area contributed by atoms with Crippen molar-refractivity contribution in [3.8, 4) is 0 Å². The van der Waals surface area contributed by atoms with E-state index in [0.29, 0.717) is 0 Å². The smallest absolute Gasteiger partial charge is 0.184 e. The molecule has 0 spiro atoms. The van der Waals surface area contributed by atoms with E-state index in [1.165, 1.54) is 0 Å². The van der Waals surface area contributed by atoms with Crippen molar-refractivity contribution in [2.45, 2.75) is 18.3 Å². The number of aliphatic hydroxyl groups excluding tert-OH is 4. The minimum atomic E-state index is -1.71. The Kier molecular flexibility index (Phi) is 8.78. The van der Waals surface area contributed by atoms with Crippen LogP contribution < -0.4 is 22.3 Å². The fourth-order valence-electron chi connectivity index (χ4n) is 0.946. The molecule has 0 rings (SSSR count). The number of rotatable bonds is 7. The minimum Gasteiger partial charge on any atom is -0.394 e. The maximum atomic E-state index is 9.80. The lowest BCUT2D eigenvalue weighted by Gasteiger charge is -2.21. The molecule has 10 N–H and O–H groups in total. The molecule has 0 saturated heterocycles. The largest absolute Gasteiger partial charge is 0.394 e. The van der Waals surface area contributed by atoms with Crippen LogP contribution in [0.2, 0.25) is 0 Å². The lowest BCUT2D eigenvalue weighted by atomic mass is 10.0. The third-order valence-electron chi connectivity index (χ3n) is 1.87. The number of nitrogens with zero attached hydrogens (tertiary/aromatic N) is 2. The second-order valence-electron chi connectivity index (χ2n) is 3.43. The highest BCUT2D eigenvalue weighted by Gasteiger charge is 2.27. The van der Waals surface area contributed by atoms with Crippen molar-refractivity contribution < 1.29 is 20.4 Å². The summed E-state index contributed by atoms with van der Waals surface area (Å²) in [5.41, 5.74) is 14.4. The van der Waals surface area contributed by atoms with Crippen molar-refractivity contribution in [3.63, 3.8) is 0 Å². The summed E-state index contributed by atoms with van der Waals surface area (Å²) in [5.74, 6) is 0. The fraction of sp³-hybridized carbons (Fsp3) is 0.500. The predicted octanol–water partition coefficient (Wildman–Crippen LogP) is -3.93. The van der Waals surface area contributed by atoms with Crippen molar-refractivity contribution in [1.82, 2.24) is 10.9 Å². The van der Waals surface area contributed by atoms with Gasteiger partial charge in [-0.2, -0.15) is 10.2 Å². The van der Waals surface area contributed by atoms with E-state index in [1.807, 2.05) is 0 Å². The second-order valence-corrected chi connectivity index (χ2v) is 4.31. The monoisotopic (exact) mass is 324 g/mol. The van der Waals surface area contributed by atoms with Crippen LogP contribution in [0.15, 0.2) is 10.2 Å². The van der Waals surface area contributed by atoms with Gasteiger partial charge in [0.15, 0.2) is 10.2 Å². The maximum Gasteiger partial charge on any atom is 0.184 e. The van der Waals surface area contributed by atoms with Gasteiger partial charge in [-0.15, -0.1) is 0 Å². The Morgan fingerprint density at radius 1 is 1.15 bits per heavy atom. The average Bonchev–Trinajstić information content (AvgIpc) is 2.39. The normalized spacial score (nSPS) is 16.5. The van der Waals surface area contributed by atoms with Gasteiger partial charge >= 0.3 is 0 Å². The predicted molar refractivity (Wildman–Crippen MR) is 80.9 cm³/mol. The zero-order chi connectivity index (χ0) is 15.7. The highest BCUT2D eigenvalue weighted by molar-refractivity contribution is 7.80. The molecule has 3 atom stereocenters. The molecule has 12 heteroatoms. The van der Waals surface area contributed by atoms with E-state index in [-0.39, 0.29) is 15.9 Å². The first-order chi connectivity index (χ1) is 9.29. The maximum absolute atomic E-state index is 9.80. The van der Waals surface area contributed by atoms with Crippen molar-refractivity contribution >= 4 is 46.6 Å². The fourth-order valence-corrected chi connectivity index (χ4v) is 1.04. The number of thiocarbonyl (C=S) groups is 2. The van der Waals surface area contributed by atoms with Crippen LogP contribution in [-0.2, 0) is 0 Å². The molecule has 0 radical (unpaired) electrons. The van der Waals surface area contributed by atoms with Gasteiger partial charge in [-0.1, -0.05) is 0 Å². The van der Waals surface area contributed by atoms with Crippen LogP contribution in [0.3, 0.4) is 0 Å². The Hall–Kier alpha value is -1.44. The molecule has 0 fully saturated rings. The Balaban J connectivity index is 5.00. The first kappa shape index (κ1) is 18.6. The molecule has 0 amide bonds. The quantitative estimate of drug-likeness (QED) is 0.131. The molecule has 114 valence electrons. The first-order valence-electron chi connectivity index (χ1n) is 5.16. The van der Waals surface area contributed by atoms with E-state index in [1.54, 1.807) is 0 Å². The number of aliphatic hydroxyl groups is 4. The van der Waals surface area contributed by atoms with Crippen LogP contribution in [0, 0.1) is 0 Å². The van der Waals surface area contributed by atoms with Crippen LogP contribution in [0.5, 0.6) is 0 Å². The van der Waals surface area contributed by atoms with Crippen LogP contribution in [0.4, 0.5) is 0 Å². The van der Waals surface area contributed by atoms with Crippen molar-refractivity contribution in [2.75, 3.05) is 6.61 Å². The van der Waals surface area contributed by atoms with Crippen LogP contribution in [0.1, 0.15) is 0 Å². The van der Waals surface area contributed by atoms with Crippen molar-refractivity contribution in [1.29, 1.82) is 0 Å². The number of hydrogen-bond donors (Lipinski definition) is 8. The van der Waals surface area contributed by atoms with E-state index >= 15 is 0 Å². The van der Waals surface area contributed by atoms with E-state index < -0.39 is 24.9 Å². The molecule has 0 heterocycles. The molecule has 0 aromatic heterocycles. The SMILES string of the molecule is NC(=S)N/N=C(/C=N/NC(N)=S)[C@@H](O)[C@H](O)[C@H](O)CO. The molecule has 0 aromatic rings. The Bertz CT molecular complexity index is 404. The molecule has 0 unspecified atom stereocenters. The van der Waals surface area contributed by atoms with Crippen LogP contribution in [0.25, 0.3) is 0 Å². The summed E-state index contributed by atoms with van der Waals surface area (Å²) < 4.78 is 0. The van der Waals surface area contributed by atoms with Crippen molar-refractivity contribution in [2.24, 2.45) is 21.7 Å². The van der Waals surface area contributed by atoms with Gasteiger partial charge in [0.05, 0.1) is 12.8 Å². The molecule has 0 bridgehead atoms. The number of nitrogens with one attached hydrogen (secondary N) is 2. The van der Waals surface area contributed by atoms with Crippen LogP contribution in [-0.4, -0.2) is 67.5 Å². The highest BCUT2D eigenvalue weighted by atomic mass is 32.1. The van der Waals surface area contributed by atoms with Gasteiger partial charge in [-0.05, 0) is 24.4 Å². The van der Waals surface area contributed by atoms with Gasteiger partial charge < -0.3 is 31.9 Å². The molecule has 0 aliphatic rings. The Morgan fingerprint density at radius 3 is 2.15 bits per heavy atom. The topological polar surface area (TPSA) is 182 Å². The summed E-state index contributed by atoms with van der Waals surface area (Å²) in [6.07, 6.45) is -3.97. The average molecular weight is 324 g/mol. The Labute approximate surface area is 125 Å². The number of hydrazone groups is 2. The molecule has 10 nitrogen and oxygen atoms in total. The van der Waals surface area contributed by atoms with Gasteiger partial charge in [0.25, 0.3) is 0 Å². The molecule has 0 saturated carbocycles. The number of hydrogen-bond acceptors (Lipinski definition) is 8. The zero-order valence-corrected chi connectivity index (χ0v) is 11.8. The van der Waals surface area contributed by atoms with Crippen molar-refractivity contribution in [3.05, 3.63) is 0 Å². The van der Waals surface area contributed by atoms with Gasteiger partial charge in [0, 0.05) is 0 Å². The number of nitrogens with two attached hydrogens (primary N) is 2. The van der Waals surface area contributed by atoms with Gasteiger partial charge in [0.1, 0.15) is 24.0 Å². The summed E-state index contributed by atoms with van der Waals surface area (Å²) in [5, 5.41) is 44.1. The summed E-state index contributed by atoms with van der Waals surface area (Å²) in [6.45, 7) is -0.753. The van der Waals surface area contributed by atoms with E-state index in [9.17, 15) is 15.3 Å². The van der Waals surface area contributed by atoms with E-state index in [0.717, 1.165) is 6.21 Å². The standard InChI is InChI=1S/C8H16N6O4S2/c9-7(19)13-11-1-3(12-14-8(10)20)5(17)6(18)4(16)2-15/h1,4-6,15-18H,2H2,(H3,9,13,19)(H3,10,14,20)/b11-1+,12-3-/t4-,5-,6-/m1/s1. The third-order valence-corrected chi connectivity index (χ3v) is 2.06. The zero-order valence-electron chi connectivity index (χ0n) is 10.2. The Morgan fingerprint density at radius 2 is 1.70 bits per heavy atom. The van der Waals surface area contributed by atoms with E-state index in [4.69, 9.17) is 16.6 Å². The van der Waals surface area contributed by atoms with Gasteiger partial charge in [-0.3, -0.25) is 10.9 Å². The van der Waals surface area contributed by atoms with Crippen LogP contribution >= 0.6 is 24.4 Å². The lowest BCUT2D eigenvalue weighted by Crippen LogP contribution is -2.45. The summed E-state index contributed by atoms with van der Waals surface area (Å²) in [7, 11) is 0. The van der Waals surface area contributed by atoms with Gasteiger partial charge in [0.2, 0.25) is 0 Å². The minimum absolute atomic E-state index is 0.131. The molecule has 0 aliphatic heterocycles. The van der Waals surface area contributed by atoms with Gasteiger partial charge in [-0.25, -0.2) is 0 Å². The summed E-state index contributed by atoms with van der Waals surface area (Å²) in [6, 6.07) is 0. The molecule has 0 aromatic carbocycles. The molecular weight excluding hydrogens is 308 g/mol. The first-order valence-corrected chi connectivity index (χ1v) is 5.97. The molecule has 0 aliphatic carbocycles. The molecule has 20 heavy (non-hydrogen) atoms. The molecular formula is C8H16N6O4S2. The summed E-state index contributed by atoms with van der Waals surface area (Å²) in [4.78, 5) is 0. The second kappa shape index (κ2) is 9.46. The van der Waals surface area contributed by atoms with E-state index in [2.05, 4.69) is 45.5 Å². The lowest BCUT2D eigenvalue weighted by molar-refractivity contribution is -0.0549. The summed E-state index contributed by atoms with van der Waals surface area (Å²) >= 11 is 9.02. The third kappa shape index (κ3) is 7.22. The highest BCUT2D eigenvalue weighted by Crippen LogP contribution is 2.01.